The molecule has 0 spiro atoms. The molecule has 2 saturated carbocycles. The first kappa shape index (κ1) is 17.9. The molecule has 1 amide bonds. The molecule has 7 heteroatoms. The van der Waals surface area contributed by atoms with Crippen LogP contribution >= 0.6 is 11.6 Å². The summed E-state index contributed by atoms with van der Waals surface area (Å²) in [6.07, 6.45) is 4.41. The Bertz CT molecular complexity index is 677. The van der Waals surface area contributed by atoms with E-state index in [2.05, 4.69) is 10.3 Å². The number of ether oxygens (including phenoxy) is 1. The van der Waals surface area contributed by atoms with Gasteiger partial charge in [-0.1, -0.05) is 18.0 Å². The second kappa shape index (κ2) is 7.52. The summed E-state index contributed by atoms with van der Waals surface area (Å²) in [5.41, 5.74) is 0.370. The molecule has 1 aromatic rings. The first-order valence-corrected chi connectivity index (χ1v) is 8.99. The summed E-state index contributed by atoms with van der Waals surface area (Å²) in [6, 6.07) is 3.27. The summed E-state index contributed by atoms with van der Waals surface area (Å²) in [5.74, 6) is -0.913. The molecular weight excluding hydrogens is 344 g/mol. The highest BCUT2D eigenvalue weighted by molar-refractivity contribution is 6.32. The number of esters is 1. The average Bonchev–Trinajstić information content (AvgIpc) is 2.56. The molecule has 3 rings (SSSR count). The van der Waals surface area contributed by atoms with Gasteiger partial charge in [-0.2, -0.15) is 0 Å². The Morgan fingerprint density at radius 3 is 2.64 bits per heavy atom. The number of fused-ring (bicyclic) bond motifs is 2. The predicted molar refractivity (Wildman–Crippen MR) is 92.0 cm³/mol. The van der Waals surface area contributed by atoms with Crippen LogP contribution in [0.3, 0.4) is 0 Å². The number of aromatic nitrogens is 1. The minimum absolute atomic E-state index is 0.0246. The maximum atomic E-state index is 12.4. The highest BCUT2D eigenvalue weighted by Gasteiger charge is 2.42. The van der Waals surface area contributed by atoms with Crippen LogP contribution in [0.25, 0.3) is 0 Å². The van der Waals surface area contributed by atoms with Gasteiger partial charge in [0.25, 0.3) is 5.91 Å². The van der Waals surface area contributed by atoms with Crippen molar-refractivity contribution < 1.29 is 19.1 Å². The number of halogens is 1. The van der Waals surface area contributed by atoms with Crippen LogP contribution < -0.4 is 5.32 Å². The normalized spacial score (nSPS) is 26.6. The lowest BCUT2D eigenvalue weighted by atomic mass is 9.67. The van der Waals surface area contributed by atoms with Crippen LogP contribution in [0.5, 0.6) is 0 Å². The summed E-state index contributed by atoms with van der Waals surface area (Å²) in [4.78, 5) is 40.6. The first-order valence-electron chi connectivity index (χ1n) is 8.61. The zero-order chi connectivity index (χ0) is 18.0. The number of nitrogens with one attached hydrogen (secondary N) is 1. The maximum absolute atomic E-state index is 12.4. The topological polar surface area (TPSA) is 85.4 Å². The third kappa shape index (κ3) is 4.00. The number of nitrogens with zero attached hydrogens (tertiary/aromatic N) is 1. The quantitative estimate of drug-likeness (QED) is 0.655. The van der Waals surface area contributed by atoms with Crippen molar-refractivity contribution in [2.24, 2.45) is 17.8 Å². The van der Waals surface area contributed by atoms with Gasteiger partial charge in [-0.15, -0.1) is 0 Å². The van der Waals surface area contributed by atoms with E-state index in [4.69, 9.17) is 16.3 Å². The van der Waals surface area contributed by atoms with Crippen LogP contribution in [-0.2, 0) is 19.1 Å². The van der Waals surface area contributed by atoms with Crippen LogP contribution in [-0.4, -0.2) is 28.7 Å². The number of amides is 1. The maximum Gasteiger partial charge on any atom is 0.309 e. The number of ketones is 1. The van der Waals surface area contributed by atoms with E-state index >= 15 is 0 Å². The number of carbonyl (C=O) groups excluding carboxylic acids is 3. The third-order valence-corrected chi connectivity index (χ3v) is 5.36. The van der Waals surface area contributed by atoms with E-state index in [0.29, 0.717) is 24.3 Å². The second-order valence-electron chi connectivity index (χ2n) is 6.81. The number of Topliss-reactive ketones (excluding diaryl/α,β-unsaturated/α-hetero) is 1. The lowest BCUT2D eigenvalue weighted by Crippen LogP contribution is -2.41. The van der Waals surface area contributed by atoms with Gasteiger partial charge in [-0.3, -0.25) is 14.4 Å². The minimum atomic E-state index is -0.943. The summed E-state index contributed by atoms with van der Waals surface area (Å²) in [5, 5.41) is 2.77. The van der Waals surface area contributed by atoms with Gasteiger partial charge in [0.15, 0.2) is 11.3 Å². The second-order valence-corrected chi connectivity index (χ2v) is 7.16. The van der Waals surface area contributed by atoms with E-state index in [1.54, 1.807) is 12.1 Å². The van der Waals surface area contributed by atoms with Gasteiger partial charge in [0, 0.05) is 18.0 Å². The summed E-state index contributed by atoms with van der Waals surface area (Å²) < 4.78 is 5.34. The number of carbonyl (C=O) groups is 3. The largest absolute Gasteiger partial charge is 0.452 e. The smallest absolute Gasteiger partial charge is 0.309 e. The zero-order valence-corrected chi connectivity index (χ0v) is 14.8. The summed E-state index contributed by atoms with van der Waals surface area (Å²) >= 11 is 5.90. The summed E-state index contributed by atoms with van der Waals surface area (Å²) in [7, 11) is 0. The number of hydrogen-bond acceptors (Lipinski definition) is 5. The van der Waals surface area contributed by atoms with Crippen molar-refractivity contribution in [1.29, 1.82) is 0 Å². The van der Waals surface area contributed by atoms with Crippen LogP contribution in [0.1, 0.15) is 39.0 Å². The van der Waals surface area contributed by atoms with E-state index in [1.165, 1.54) is 13.1 Å². The molecule has 0 aliphatic heterocycles. The van der Waals surface area contributed by atoms with Crippen molar-refractivity contribution in [2.75, 3.05) is 5.32 Å². The molecule has 134 valence electrons. The van der Waals surface area contributed by atoms with Crippen molar-refractivity contribution in [3.05, 3.63) is 23.5 Å². The average molecular weight is 365 g/mol. The third-order valence-electron chi connectivity index (χ3n) is 5.06. The molecule has 0 radical (unpaired) electrons. The molecule has 2 aliphatic carbocycles. The van der Waals surface area contributed by atoms with Gasteiger partial charge in [0.1, 0.15) is 5.78 Å². The standard InChI is InChI=1S/C18H21ClN2O4/c1-10(17(23)21-14-6-3-7-20-16(14)19)25-18(24)13-8-11-4-2-5-12(9-13)15(11)22/h3,6-7,10-13H,2,4-5,8-9H2,1H3,(H,21,23)/t10-,11-,12+,13?/m1/s1. The Balaban J connectivity index is 1.56. The van der Waals surface area contributed by atoms with E-state index in [-0.39, 0.29) is 22.9 Å². The molecule has 0 saturated heterocycles. The van der Waals surface area contributed by atoms with E-state index < -0.39 is 18.0 Å². The lowest BCUT2D eigenvalue weighted by molar-refractivity contribution is -0.161. The van der Waals surface area contributed by atoms with Gasteiger partial charge in [0.2, 0.25) is 0 Å². The Kier molecular flexibility index (Phi) is 5.37. The molecule has 25 heavy (non-hydrogen) atoms. The molecule has 1 aromatic heterocycles. The SMILES string of the molecule is C[C@@H](OC(=O)C1C[C@H]2CCC[C@@H](C1)C2=O)C(=O)Nc1cccnc1Cl. The molecule has 1 N–H and O–H groups in total. The van der Waals surface area contributed by atoms with Crippen LogP contribution in [0.2, 0.25) is 5.15 Å². The van der Waals surface area contributed by atoms with Gasteiger partial charge in [-0.05, 0) is 44.7 Å². The molecular formula is C18H21ClN2O4. The van der Waals surface area contributed by atoms with E-state index in [0.717, 1.165) is 19.3 Å². The number of rotatable bonds is 4. The number of pyridine rings is 1. The van der Waals surface area contributed by atoms with Crippen molar-refractivity contribution in [2.45, 2.75) is 45.1 Å². The number of anilines is 1. The van der Waals surface area contributed by atoms with Crippen molar-refractivity contribution in [3.8, 4) is 0 Å². The molecule has 0 aromatic carbocycles. The Morgan fingerprint density at radius 2 is 2.00 bits per heavy atom. The van der Waals surface area contributed by atoms with Crippen LogP contribution in [0, 0.1) is 17.8 Å². The Morgan fingerprint density at radius 1 is 1.32 bits per heavy atom. The monoisotopic (exact) mass is 364 g/mol. The highest BCUT2D eigenvalue weighted by atomic mass is 35.5. The molecule has 1 heterocycles. The molecule has 2 aliphatic rings. The van der Waals surface area contributed by atoms with Crippen molar-refractivity contribution in [1.82, 2.24) is 4.98 Å². The molecule has 2 fully saturated rings. The van der Waals surface area contributed by atoms with Crippen LogP contribution in [0.4, 0.5) is 5.69 Å². The molecule has 1 unspecified atom stereocenters. The van der Waals surface area contributed by atoms with Gasteiger partial charge in [-0.25, -0.2) is 4.98 Å². The van der Waals surface area contributed by atoms with E-state index in [9.17, 15) is 14.4 Å². The van der Waals surface area contributed by atoms with Crippen molar-refractivity contribution >= 4 is 34.9 Å². The Hall–Kier alpha value is -1.95. The first-order chi connectivity index (χ1) is 12.0. The highest BCUT2D eigenvalue weighted by Crippen LogP contribution is 2.40. The van der Waals surface area contributed by atoms with Gasteiger partial charge < -0.3 is 10.1 Å². The fraction of sp³-hybridized carbons (Fsp3) is 0.556. The molecule has 2 bridgehead atoms. The summed E-state index contributed by atoms with van der Waals surface area (Å²) in [6.45, 7) is 1.52. The minimum Gasteiger partial charge on any atom is -0.452 e. The van der Waals surface area contributed by atoms with Gasteiger partial charge >= 0.3 is 5.97 Å². The fourth-order valence-electron chi connectivity index (χ4n) is 3.71. The lowest BCUT2D eigenvalue weighted by Gasteiger charge is -2.36. The fourth-order valence-corrected chi connectivity index (χ4v) is 3.88. The Labute approximate surface area is 151 Å². The van der Waals surface area contributed by atoms with Crippen molar-refractivity contribution in [3.63, 3.8) is 0 Å². The van der Waals surface area contributed by atoms with Gasteiger partial charge in [0.05, 0.1) is 11.6 Å². The zero-order valence-electron chi connectivity index (χ0n) is 14.0. The predicted octanol–water partition coefficient (Wildman–Crippen LogP) is 3.00. The number of hydrogen-bond donors (Lipinski definition) is 1. The van der Waals surface area contributed by atoms with Crippen LogP contribution in [0.15, 0.2) is 18.3 Å². The molecule has 4 atom stereocenters. The van der Waals surface area contributed by atoms with E-state index in [1.807, 2.05) is 0 Å². The molecule has 6 nitrogen and oxygen atoms in total.